The fourth-order valence-corrected chi connectivity index (χ4v) is 3.55. The molecule has 1 atom stereocenters. The average molecular weight is 394 g/mol. The number of aromatic nitrogens is 3. The summed E-state index contributed by atoms with van der Waals surface area (Å²) < 4.78 is 11.6. The van der Waals surface area contributed by atoms with Gasteiger partial charge in [-0.1, -0.05) is 13.3 Å². The van der Waals surface area contributed by atoms with E-state index in [0.29, 0.717) is 0 Å². The number of imidazole rings is 1. The van der Waals surface area contributed by atoms with Gasteiger partial charge < -0.3 is 14.5 Å². The molecule has 0 spiro atoms. The van der Waals surface area contributed by atoms with Gasteiger partial charge in [-0.05, 0) is 54.6 Å². The lowest BCUT2D eigenvalue weighted by Gasteiger charge is -2.17. The topological polar surface area (TPSA) is 60.0 Å². The minimum absolute atomic E-state index is 0.152. The molecule has 1 unspecified atom stereocenters. The summed E-state index contributed by atoms with van der Waals surface area (Å²) in [5, 5.41) is 2.05. The molecule has 0 aliphatic carbocycles. The van der Waals surface area contributed by atoms with Crippen molar-refractivity contribution in [2.45, 2.75) is 31.6 Å². The number of nitrogens with zero attached hydrogens (tertiary/aromatic N) is 2. The van der Waals surface area contributed by atoms with E-state index in [0.717, 1.165) is 64.0 Å². The van der Waals surface area contributed by atoms with E-state index >= 15 is 0 Å². The average Bonchev–Trinajstić information content (AvgIpc) is 3.16. The van der Waals surface area contributed by atoms with Crippen molar-refractivity contribution in [2.75, 3.05) is 7.11 Å². The summed E-state index contributed by atoms with van der Waals surface area (Å²) in [6.07, 6.45) is 6.62. The van der Waals surface area contributed by atoms with Gasteiger partial charge in [0.25, 0.3) is 0 Å². The highest BCUT2D eigenvalue weighted by Crippen LogP contribution is 2.35. The normalized spacial score (nSPS) is 12.4. The molecule has 0 saturated carbocycles. The molecule has 144 valence electrons. The summed E-state index contributed by atoms with van der Waals surface area (Å²) in [6.45, 7) is 2.17. The number of methoxy groups -OCH3 is 1. The lowest BCUT2D eigenvalue weighted by molar-refractivity contribution is 0.278. The number of nitrogens with one attached hydrogen (secondary N) is 1. The summed E-state index contributed by atoms with van der Waals surface area (Å²) in [4.78, 5) is 12.2. The SMILES string of the molecule is CCCCC(S)Oc1cc(-c2nc3ccncc3[nH]2)cc2cc(OC)ccc12. The summed E-state index contributed by atoms with van der Waals surface area (Å²) in [7, 11) is 1.67. The monoisotopic (exact) mass is 393 g/mol. The fraction of sp³-hybridized carbons (Fsp3) is 0.273. The van der Waals surface area contributed by atoms with Gasteiger partial charge in [-0.15, -0.1) is 12.6 Å². The Hall–Kier alpha value is -2.73. The smallest absolute Gasteiger partial charge is 0.141 e. The largest absolute Gasteiger partial charge is 0.497 e. The molecule has 4 rings (SSSR count). The number of hydrogen-bond acceptors (Lipinski definition) is 5. The number of rotatable bonds is 7. The minimum Gasteiger partial charge on any atom is -0.497 e. The van der Waals surface area contributed by atoms with Crippen LogP contribution in [-0.4, -0.2) is 27.5 Å². The quantitative estimate of drug-likeness (QED) is 0.316. The van der Waals surface area contributed by atoms with Gasteiger partial charge in [0.15, 0.2) is 0 Å². The zero-order valence-electron chi connectivity index (χ0n) is 16.0. The van der Waals surface area contributed by atoms with Gasteiger partial charge in [-0.2, -0.15) is 0 Å². The fourth-order valence-electron chi connectivity index (χ4n) is 3.25. The second-order valence-corrected chi connectivity index (χ2v) is 7.33. The molecule has 28 heavy (non-hydrogen) atoms. The van der Waals surface area contributed by atoms with Gasteiger partial charge in [0.05, 0.1) is 24.3 Å². The Balaban J connectivity index is 1.81. The maximum absolute atomic E-state index is 6.21. The van der Waals surface area contributed by atoms with Crippen LogP contribution in [-0.2, 0) is 0 Å². The number of thiol groups is 1. The highest BCUT2D eigenvalue weighted by atomic mass is 32.1. The standard InChI is InChI=1S/C22H23N3O2S/c1-3-4-5-21(28)27-20-12-15(10-14-11-16(26-2)6-7-17(14)20)22-24-18-8-9-23-13-19(18)25-22/h6-13,21,28H,3-5H2,1-2H3,(H,24,25). The van der Waals surface area contributed by atoms with Crippen molar-refractivity contribution in [3.8, 4) is 22.9 Å². The molecule has 1 N–H and O–H groups in total. The van der Waals surface area contributed by atoms with E-state index in [9.17, 15) is 0 Å². The lowest BCUT2D eigenvalue weighted by Crippen LogP contribution is -2.09. The second kappa shape index (κ2) is 8.10. The van der Waals surface area contributed by atoms with E-state index in [1.807, 2.05) is 30.3 Å². The molecule has 2 aromatic heterocycles. The molecular weight excluding hydrogens is 370 g/mol. The maximum atomic E-state index is 6.21. The maximum Gasteiger partial charge on any atom is 0.141 e. The summed E-state index contributed by atoms with van der Waals surface area (Å²) >= 11 is 4.62. The first kappa shape index (κ1) is 18.6. The van der Waals surface area contributed by atoms with E-state index in [-0.39, 0.29) is 5.44 Å². The zero-order valence-corrected chi connectivity index (χ0v) is 16.9. The van der Waals surface area contributed by atoms with Crippen LogP contribution in [0, 0.1) is 0 Å². The van der Waals surface area contributed by atoms with Gasteiger partial charge in [-0.25, -0.2) is 4.98 Å². The predicted octanol–water partition coefficient (Wildman–Crippen LogP) is 5.61. The Morgan fingerprint density at radius 1 is 1.18 bits per heavy atom. The third-order valence-electron chi connectivity index (χ3n) is 4.75. The lowest BCUT2D eigenvalue weighted by atomic mass is 10.0. The number of ether oxygens (including phenoxy) is 2. The molecule has 6 heteroatoms. The van der Waals surface area contributed by atoms with Crippen LogP contribution < -0.4 is 9.47 Å². The van der Waals surface area contributed by atoms with Gasteiger partial charge in [0.2, 0.25) is 0 Å². The first-order valence-corrected chi connectivity index (χ1v) is 9.96. The molecule has 5 nitrogen and oxygen atoms in total. The molecule has 0 bridgehead atoms. The van der Waals surface area contributed by atoms with Crippen molar-refractivity contribution in [1.29, 1.82) is 0 Å². The molecule has 2 heterocycles. The van der Waals surface area contributed by atoms with Gasteiger partial charge in [-0.3, -0.25) is 4.98 Å². The Kier molecular flexibility index (Phi) is 5.39. The molecule has 0 saturated heterocycles. The molecule has 4 aromatic rings. The molecular formula is C22H23N3O2S. The predicted molar refractivity (Wildman–Crippen MR) is 116 cm³/mol. The van der Waals surface area contributed by atoms with Crippen molar-refractivity contribution in [1.82, 2.24) is 15.0 Å². The van der Waals surface area contributed by atoms with Crippen molar-refractivity contribution in [2.24, 2.45) is 0 Å². The van der Waals surface area contributed by atoms with E-state index < -0.39 is 0 Å². The Labute approximate surface area is 169 Å². The van der Waals surface area contributed by atoms with Crippen LogP contribution in [0.2, 0.25) is 0 Å². The number of unbranched alkanes of at least 4 members (excludes halogenated alkanes) is 1. The first-order chi connectivity index (χ1) is 13.7. The summed E-state index contributed by atoms with van der Waals surface area (Å²) in [6, 6.07) is 12.0. The molecule has 0 aliphatic heterocycles. The third-order valence-corrected chi connectivity index (χ3v) is 5.11. The highest BCUT2D eigenvalue weighted by molar-refractivity contribution is 7.80. The first-order valence-electron chi connectivity index (χ1n) is 9.44. The molecule has 0 amide bonds. The van der Waals surface area contributed by atoms with Gasteiger partial charge >= 0.3 is 0 Å². The second-order valence-electron chi connectivity index (χ2n) is 6.75. The Morgan fingerprint density at radius 3 is 2.86 bits per heavy atom. The van der Waals surface area contributed by atoms with E-state index in [1.165, 1.54) is 0 Å². The van der Waals surface area contributed by atoms with E-state index in [4.69, 9.17) is 14.5 Å². The van der Waals surface area contributed by atoms with Crippen LogP contribution in [0.4, 0.5) is 0 Å². The highest BCUT2D eigenvalue weighted by Gasteiger charge is 2.14. The molecule has 0 fully saturated rings. The minimum atomic E-state index is -0.152. The van der Waals surface area contributed by atoms with Crippen LogP contribution in [0.3, 0.4) is 0 Å². The summed E-state index contributed by atoms with van der Waals surface area (Å²) in [5.41, 5.74) is 2.58. The van der Waals surface area contributed by atoms with Crippen LogP contribution >= 0.6 is 12.6 Å². The number of aromatic amines is 1. The van der Waals surface area contributed by atoms with E-state index in [1.54, 1.807) is 19.5 Å². The number of hydrogen-bond donors (Lipinski definition) is 2. The molecule has 2 aromatic carbocycles. The van der Waals surface area contributed by atoms with Crippen LogP contribution in [0.15, 0.2) is 48.8 Å². The number of pyridine rings is 1. The van der Waals surface area contributed by atoms with Crippen molar-refractivity contribution < 1.29 is 9.47 Å². The van der Waals surface area contributed by atoms with Crippen molar-refractivity contribution in [3.05, 3.63) is 48.8 Å². The molecule has 0 aliphatic rings. The Bertz CT molecular complexity index is 1080. The van der Waals surface area contributed by atoms with Crippen LogP contribution in [0.25, 0.3) is 33.2 Å². The summed E-state index contributed by atoms with van der Waals surface area (Å²) in [5.74, 6) is 2.38. The zero-order chi connectivity index (χ0) is 19.5. The third kappa shape index (κ3) is 3.78. The number of benzene rings is 2. The van der Waals surface area contributed by atoms with Gasteiger partial charge in [0, 0.05) is 17.1 Å². The van der Waals surface area contributed by atoms with Gasteiger partial charge in [0.1, 0.15) is 22.8 Å². The molecule has 0 radical (unpaired) electrons. The van der Waals surface area contributed by atoms with E-state index in [2.05, 4.69) is 35.6 Å². The van der Waals surface area contributed by atoms with Crippen LogP contribution in [0.5, 0.6) is 11.5 Å². The van der Waals surface area contributed by atoms with Crippen LogP contribution in [0.1, 0.15) is 26.2 Å². The van der Waals surface area contributed by atoms with Crippen molar-refractivity contribution >= 4 is 34.4 Å². The van der Waals surface area contributed by atoms with Crippen molar-refractivity contribution in [3.63, 3.8) is 0 Å². The number of H-pyrrole nitrogens is 1. The number of fused-ring (bicyclic) bond motifs is 2. The Morgan fingerprint density at radius 2 is 2.07 bits per heavy atom.